The third-order valence-electron chi connectivity index (χ3n) is 4.16. The van der Waals surface area contributed by atoms with Crippen LogP contribution in [0.2, 0.25) is 0 Å². The molecule has 0 aliphatic rings. The van der Waals surface area contributed by atoms with Crippen molar-refractivity contribution in [2.45, 2.75) is 6.42 Å². The lowest BCUT2D eigenvalue weighted by Crippen LogP contribution is -3.05. The van der Waals surface area contributed by atoms with Gasteiger partial charge in [0.1, 0.15) is 5.69 Å². The number of benzene rings is 1. The van der Waals surface area contributed by atoms with Gasteiger partial charge in [0.05, 0.1) is 38.0 Å². The average Bonchev–Trinajstić information content (AvgIpc) is 3.23. The molecule has 0 spiro atoms. The number of furan rings is 1. The summed E-state index contributed by atoms with van der Waals surface area (Å²) in [6, 6.07) is 12.8. The third-order valence-corrected chi connectivity index (χ3v) is 4.41. The molecule has 0 aliphatic heterocycles. The molecular weight excluding hydrogens is 374 g/mol. The van der Waals surface area contributed by atoms with Crippen molar-refractivity contribution in [3.8, 4) is 11.5 Å². The number of aromatic nitrogens is 1. The third kappa shape index (κ3) is 5.05. The number of carbonyl (C=O) groups is 1. The minimum absolute atomic E-state index is 0.298. The number of quaternary nitrogens is 1. The van der Waals surface area contributed by atoms with Gasteiger partial charge in [-0.05, 0) is 36.5 Å². The first kappa shape index (κ1) is 19.8. The summed E-state index contributed by atoms with van der Waals surface area (Å²) < 4.78 is 5.43. The van der Waals surface area contributed by atoms with Crippen molar-refractivity contribution in [1.29, 1.82) is 0 Å². The Labute approximate surface area is 169 Å². The van der Waals surface area contributed by atoms with E-state index in [1.165, 1.54) is 4.90 Å². The number of nitrogens with one attached hydrogen (secondary N) is 4. The number of hydrogen-bond donors (Lipinski definition) is 4. The number of pyridine rings is 1. The Morgan fingerprint density at radius 3 is 2.75 bits per heavy atom. The van der Waals surface area contributed by atoms with Gasteiger partial charge in [0, 0.05) is 18.4 Å². The van der Waals surface area contributed by atoms with Crippen LogP contribution in [0, 0.1) is 0 Å². The Kier molecular flexibility index (Phi) is 6.57. The van der Waals surface area contributed by atoms with Crippen LogP contribution in [0.25, 0.3) is 22.4 Å². The van der Waals surface area contributed by atoms with Gasteiger partial charge in [0.15, 0.2) is 10.9 Å². The van der Waals surface area contributed by atoms with E-state index in [0.717, 1.165) is 24.9 Å². The predicted molar refractivity (Wildman–Crippen MR) is 113 cm³/mol. The van der Waals surface area contributed by atoms with Crippen LogP contribution in [0.5, 0.6) is 0 Å². The molecule has 28 heavy (non-hydrogen) atoms. The summed E-state index contributed by atoms with van der Waals surface area (Å²) in [5.41, 5.74) is 7.22. The highest BCUT2D eigenvalue weighted by Crippen LogP contribution is 2.25. The van der Waals surface area contributed by atoms with Crippen LogP contribution in [0.15, 0.2) is 53.1 Å². The molecule has 0 aliphatic carbocycles. The molecule has 0 saturated carbocycles. The topological polar surface area (TPSA) is 83.6 Å². The fraction of sp³-hybridized carbons (Fsp3) is 0.250. The number of hydrazine groups is 1. The number of nitrogens with zero attached hydrogens (tertiary/aromatic N) is 1. The number of para-hydroxylation sites is 1. The van der Waals surface area contributed by atoms with Crippen LogP contribution in [0.1, 0.15) is 16.8 Å². The molecule has 0 bridgehead atoms. The van der Waals surface area contributed by atoms with Crippen molar-refractivity contribution in [3.63, 3.8) is 0 Å². The van der Waals surface area contributed by atoms with E-state index >= 15 is 0 Å². The summed E-state index contributed by atoms with van der Waals surface area (Å²) in [6.45, 7) is 1.79. The van der Waals surface area contributed by atoms with E-state index in [0.29, 0.717) is 27.6 Å². The van der Waals surface area contributed by atoms with Gasteiger partial charge in [-0.2, -0.15) is 0 Å². The van der Waals surface area contributed by atoms with Crippen LogP contribution in [-0.2, 0) is 0 Å². The Morgan fingerprint density at radius 2 is 2.00 bits per heavy atom. The second kappa shape index (κ2) is 9.29. The molecule has 0 saturated heterocycles. The number of amides is 1. The van der Waals surface area contributed by atoms with E-state index in [1.807, 2.05) is 30.3 Å². The number of hydrogen-bond acceptors (Lipinski definition) is 4. The summed E-state index contributed by atoms with van der Waals surface area (Å²) in [7, 11) is 4.21. The summed E-state index contributed by atoms with van der Waals surface area (Å²) in [5, 5.41) is 4.22. The second-order valence-electron chi connectivity index (χ2n) is 6.70. The van der Waals surface area contributed by atoms with Crippen molar-refractivity contribution < 1.29 is 14.1 Å². The van der Waals surface area contributed by atoms with Gasteiger partial charge in [-0.15, -0.1) is 0 Å². The fourth-order valence-corrected chi connectivity index (χ4v) is 2.94. The SMILES string of the molecule is C[NH+](C)CCCNC(=S)NNC(=O)c1cc(-c2ccco2)nc2ccccc12. The Hall–Kier alpha value is -2.97. The highest BCUT2D eigenvalue weighted by Gasteiger charge is 2.15. The molecule has 2 heterocycles. The second-order valence-corrected chi connectivity index (χ2v) is 7.10. The quantitative estimate of drug-likeness (QED) is 0.283. The molecule has 0 fully saturated rings. The van der Waals surface area contributed by atoms with Gasteiger partial charge in [-0.25, -0.2) is 4.98 Å². The van der Waals surface area contributed by atoms with Crippen LogP contribution in [0.3, 0.4) is 0 Å². The Morgan fingerprint density at radius 1 is 1.18 bits per heavy atom. The normalized spacial score (nSPS) is 10.8. The summed E-state index contributed by atoms with van der Waals surface area (Å²) in [4.78, 5) is 18.7. The zero-order chi connectivity index (χ0) is 19.9. The molecule has 146 valence electrons. The first-order valence-corrected chi connectivity index (χ1v) is 9.52. The van der Waals surface area contributed by atoms with E-state index in [4.69, 9.17) is 16.6 Å². The number of rotatable bonds is 6. The van der Waals surface area contributed by atoms with Crippen molar-refractivity contribution in [2.24, 2.45) is 0 Å². The number of carbonyl (C=O) groups excluding carboxylic acids is 1. The van der Waals surface area contributed by atoms with Gasteiger partial charge < -0.3 is 14.6 Å². The molecule has 7 nitrogen and oxygen atoms in total. The number of fused-ring (bicyclic) bond motifs is 1. The maximum Gasteiger partial charge on any atom is 0.270 e. The molecule has 0 atom stereocenters. The van der Waals surface area contributed by atoms with Crippen LogP contribution in [0.4, 0.5) is 0 Å². The first-order chi connectivity index (χ1) is 13.5. The van der Waals surface area contributed by atoms with Gasteiger partial charge in [0.25, 0.3) is 5.91 Å². The van der Waals surface area contributed by atoms with E-state index in [-0.39, 0.29) is 5.91 Å². The lowest BCUT2D eigenvalue weighted by Gasteiger charge is -2.13. The minimum atomic E-state index is -0.298. The lowest BCUT2D eigenvalue weighted by atomic mass is 10.1. The molecule has 3 aromatic rings. The number of thiocarbonyl (C=S) groups is 1. The van der Waals surface area contributed by atoms with Gasteiger partial charge >= 0.3 is 0 Å². The Bertz CT molecular complexity index is 956. The van der Waals surface area contributed by atoms with Crippen LogP contribution in [-0.4, -0.2) is 43.2 Å². The van der Waals surface area contributed by atoms with Crippen molar-refractivity contribution in [3.05, 3.63) is 54.3 Å². The minimum Gasteiger partial charge on any atom is -0.463 e. The largest absolute Gasteiger partial charge is 0.463 e. The van der Waals surface area contributed by atoms with Gasteiger partial charge in [-0.3, -0.25) is 15.6 Å². The van der Waals surface area contributed by atoms with Crippen molar-refractivity contribution >= 4 is 34.1 Å². The summed E-state index contributed by atoms with van der Waals surface area (Å²) in [5.74, 6) is 0.307. The van der Waals surface area contributed by atoms with Crippen LogP contribution < -0.4 is 21.1 Å². The smallest absolute Gasteiger partial charge is 0.270 e. The molecule has 2 aromatic heterocycles. The summed E-state index contributed by atoms with van der Waals surface area (Å²) in [6.07, 6.45) is 2.56. The van der Waals surface area contributed by atoms with Gasteiger partial charge in [-0.1, -0.05) is 18.2 Å². The first-order valence-electron chi connectivity index (χ1n) is 9.11. The molecule has 4 N–H and O–H groups in total. The van der Waals surface area contributed by atoms with Crippen molar-refractivity contribution in [2.75, 3.05) is 27.2 Å². The van der Waals surface area contributed by atoms with E-state index < -0.39 is 0 Å². The Balaban J connectivity index is 1.70. The highest BCUT2D eigenvalue weighted by molar-refractivity contribution is 7.80. The molecule has 1 amide bonds. The van der Waals surface area contributed by atoms with Gasteiger partial charge in [0.2, 0.25) is 0 Å². The molecule has 0 radical (unpaired) electrons. The monoisotopic (exact) mass is 398 g/mol. The van der Waals surface area contributed by atoms with E-state index in [1.54, 1.807) is 18.4 Å². The predicted octanol–water partition coefficient (Wildman–Crippen LogP) is 1.14. The van der Waals surface area contributed by atoms with E-state index in [9.17, 15) is 4.79 Å². The standard InChI is InChI=1S/C20H23N5O2S/c1-25(2)11-6-10-21-20(28)24-23-19(26)15-13-17(18-9-5-12-27-18)22-16-8-4-3-7-14(15)16/h3-5,7-9,12-13H,6,10-11H2,1-2H3,(H,23,26)(H2,21,24,28)/p+1. The molecule has 1 aromatic carbocycles. The lowest BCUT2D eigenvalue weighted by molar-refractivity contribution is -0.858. The highest BCUT2D eigenvalue weighted by atomic mass is 32.1. The molecule has 3 rings (SSSR count). The zero-order valence-corrected chi connectivity index (χ0v) is 16.7. The molecule has 8 heteroatoms. The summed E-state index contributed by atoms with van der Waals surface area (Å²) >= 11 is 5.22. The molecular formula is C20H24N5O2S+. The van der Waals surface area contributed by atoms with Crippen molar-refractivity contribution in [1.82, 2.24) is 21.2 Å². The van der Waals surface area contributed by atoms with Crippen LogP contribution >= 0.6 is 12.2 Å². The maximum absolute atomic E-state index is 12.8. The fourth-order valence-electron chi connectivity index (χ4n) is 2.78. The average molecular weight is 399 g/mol. The molecule has 0 unspecified atom stereocenters. The zero-order valence-electron chi connectivity index (χ0n) is 15.9. The van der Waals surface area contributed by atoms with E-state index in [2.05, 4.69) is 35.2 Å². The maximum atomic E-state index is 12.8.